The highest BCUT2D eigenvalue weighted by atomic mass is 16.5. The SMILES string of the molecule is COCC1CC(NC(=O)C2CCCC2)C(O)C1O. The molecule has 2 aliphatic carbocycles. The van der Waals surface area contributed by atoms with Crippen LogP contribution in [-0.2, 0) is 9.53 Å². The van der Waals surface area contributed by atoms with E-state index in [1.165, 1.54) is 0 Å². The summed E-state index contributed by atoms with van der Waals surface area (Å²) in [6.07, 6.45) is 3.00. The molecule has 0 bridgehead atoms. The first-order valence-electron chi connectivity index (χ1n) is 6.79. The molecule has 2 fully saturated rings. The molecule has 2 saturated carbocycles. The number of hydrogen-bond donors (Lipinski definition) is 3. The summed E-state index contributed by atoms with van der Waals surface area (Å²) >= 11 is 0. The lowest BCUT2D eigenvalue weighted by molar-refractivity contribution is -0.126. The van der Waals surface area contributed by atoms with Gasteiger partial charge in [0.2, 0.25) is 5.91 Å². The highest BCUT2D eigenvalue weighted by Gasteiger charge is 2.42. The highest BCUT2D eigenvalue weighted by molar-refractivity contribution is 5.79. The number of aliphatic hydroxyl groups is 2. The van der Waals surface area contributed by atoms with E-state index in [2.05, 4.69) is 5.32 Å². The average Bonchev–Trinajstić information content (AvgIpc) is 2.95. The maximum Gasteiger partial charge on any atom is 0.223 e. The van der Waals surface area contributed by atoms with Crippen LogP contribution in [0.3, 0.4) is 0 Å². The van der Waals surface area contributed by atoms with Gasteiger partial charge in [-0.25, -0.2) is 0 Å². The van der Waals surface area contributed by atoms with E-state index in [0.29, 0.717) is 13.0 Å². The second kappa shape index (κ2) is 5.99. The third-order valence-corrected chi connectivity index (χ3v) is 4.24. The molecule has 4 unspecified atom stereocenters. The number of carbonyl (C=O) groups is 1. The number of carbonyl (C=O) groups excluding carboxylic acids is 1. The third-order valence-electron chi connectivity index (χ3n) is 4.24. The van der Waals surface area contributed by atoms with Crippen molar-refractivity contribution in [2.24, 2.45) is 11.8 Å². The van der Waals surface area contributed by atoms with Crippen molar-refractivity contribution < 1.29 is 19.7 Å². The van der Waals surface area contributed by atoms with Gasteiger partial charge < -0.3 is 20.3 Å². The Morgan fingerprint density at radius 1 is 1.28 bits per heavy atom. The summed E-state index contributed by atoms with van der Waals surface area (Å²) in [5, 5.41) is 22.7. The molecular formula is C13H23NO4. The Morgan fingerprint density at radius 3 is 2.56 bits per heavy atom. The van der Waals surface area contributed by atoms with E-state index in [4.69, 9.17) is 4.74 Å². The van der Waals surface area contributed by atoms with Gasteiger partial charge >= 0.3 is 0 Å². The molecule has 2 rings (SSSR count). The van der Waals surface area contributed by atoms with Gasteiger partial charge in [-0.15, -0.1) is 0 Å². The predicted octanol–water partition coefficient (Wildman–Crippen LogP) is 0.0495. The second-order valence-corrected chi connectivity index (χ2v) is 5.53. The molecule has 0 radical (unpaired) electrons. The Bertz CT molecular complexity index is 291. The van der Waals surface area contributed by atoms with Gasteiger partial charge in [0.25, 0.3) is 0 Å². The van der Waals surface area contributed by atoms with Crippen molar-refractivity contribution in [2.75, 3.05) is 13.7 Å². The summed E-state index contributed by atoms with van der Waals surface area (Å²) in [7, 11) is 1.57. The summed E-state index contributed by atoms with van der Waals surface area (Å²) in [5.41, 5.74) is 0. The standard InChI is InChI=1S/C13H23NO4/c1-18-7-9-6-10(12(16)11(9)15)14-13(17)8-4-2-3-5-8/h8-12,15-16H,2-7H2,1H3,(H,14,17). The normalized spacial score (nSPS) is 37.1. The van der Waals surface area contributed by atoms with E-state index in [1.807, 2.05) is 0 Å². The minimum absolute atomic E-state index is 0.0295. The van der Waals surface area contributed by atoms with Gasteiger partial charge in [-0.2, -0.15) is 0 Å². The Balaban J connectivity index is 1.87. The zero-order valence-corrected chi connectivity index (χ0v) is 10.8. The maximum absolute atomic E-state index is 12.0. The van der Waals surface area contributed by atoms with Crippen molar-refractivity contribution in [2.45, 2.75) is 50.4 Å². The maximum atomic E-state index is 12.0. The first-order valence-corrected chi connectivity index (χ1v) is 6.79. The minimum atomic E-state index is -0.879. The molecule has 2 aliphatic rings. The molecule has 5 heteroatoms. The number of amides is 1. The Hall–Kier alpha value is -0.650. The van der Waals surface area contributed by atoms with Crippen LogP contribution in [0.5, 0.6) is 0 Å². The first-order chi connectivity index (χ1) is 8.63. The number of methoxy groups -OCH3 is 1. The zero-order valence-electron chi connectivity index (χ0n) is 10.8. The van der Waals surface area contributed by atoms with Crippen molar-refractivity contribution in [1.29, 1.82) is 0 Å². The van der Waals surface area contributed by atoms with Crippen LogP contribution in [-0.4, -0.2) is 48.1 Å². The van der Waals surface area contributed by atoms with E-state index < -0.39 is 12.2 Å². The van der Waals surface area contributed by atoms with Crippen LogP contribution < -0.4 is 5.32 Å². The molecular weight excluding hydrogens is 234 g/mol. The van der Waals surface area contributed by atoms with Crippen LogP contribution in [0.25, 0.3) is 0 Å². The van der Waals surface area contributed by atoms with Crippen LogP contribution in [0.15, 0.2) is 0 Å². The monoisotopic (exact) mass is 257 g/mol. The van der Waals surface area contributed by atoms with Gasteiger partial charge in [-0.05, 0) is 19.3 Å². The van der Waals surface area contributed by atoms with E-state index in [9.17, 15) is 15.0 Å². The van der Waals surface area contributed by atoms with E-state index in [-0.39, 0.29) is 23.8 Å². The van der Waals surface area contributed by atoms with Crippen LogP contribution in [0, 0.1) is 11.8 Å². The molecule has 3 N–H and O–H groups in total. The van der Waals surface area contributed by atoms with Crippen molar-refractivity contribution in [3.63, 3.8) is 0 Å². The molecule has 0 aromatic rings. The summed E-state index contributed by atoms with van der Waals surface area (Å²) in [4.78, 5) is 12.0. The average molecular weight is 257 g/mol. The summed E-state index contributed by atoms with van der Waals surface area (Å²) < 4.78 is 5.01. The Kier molecular flexibility index (Phi) is 4.59. The molecule has 0 aromatic carbocycles. The van der Waals surface area contributed by atoms with Crippen molar-refractivity contribution in [1.82, 2.24) is 5.32 Å². The lowest BCUT2D eigenvalue weighted by atomic mass is 10.1. The molecule has 5 nitrogen and oxygen atoms in total. The van der Waals surface area contributed by atoms with Crippen LogP contribution in [0.2, 0.25) is 0 Å². The van der Waals surface area contributed by atoms with Gasteiger partial charge in [0, 0.05) is 18.9 Å². The largest absolute Gasteiger partial charge is 0.390 e. The van der Waals surface area contributed by atoms with Gasteiger partial charge in [-0.3, -0.25) is 4.79 Å². The van der Waals surface area contributed by atoms with Crippen molar-refractivity contribution >= 4 is 5.91 Å². The summed E-state index contributed by atoms with van der Waals surface area (Å²) in [5.74, 6) is 0.0245. The molecule has 0 heterocycles. The van der Waals surface area contributed by atoms with Crippen molar-refractivity contribution in [3.05, 3.63) is 0 Å². The molecule has 18 heavy (non-hydrogen) atoms. The molecule has 0 saturated heterocycles. The van der Waals surface area contributed by atoms with Crippen LogP contribution in [0.1, 0.15) is 32.1 Å². The Labute approximate surface area is 108 Å². The van der Waals surface area contributed by atoms with Crippen LogP contribution in [0.4, 0.5) is 0 Å². The van der Waals surface area contributed by atoms with E-state index >= 15 is 0 Å². The minimum Gasteiger partial charge on any atom is -0.390 e. The fraction of sp³-hybridized carbons (Fsp3) is 0.923. The number of aliphatic hydroxyl groups excluding tert-OH is 2. The van der Waals surface area contributed by atoms with Crippen molar-refractivity contribution in [3.8, 4) is 0 Å². The fourth-order valence-corrected chi connectivity index (χ4v) is 3.14. The molecule has 0 spiro atoms. The predicted molar refractivity (Wildman–Crippen MR) is 65.9 cm³/mol. The number of nitrogens with one attached hydrogen (secondary N) is 1. The molecule has 4 atom stereocenters. The molecule has 0 aliphatic heterocycles. The smallest absolute Gasteiger partial charge is 0.223 e. The summed E-state index contributed by atoms with van der Waals surface area (Å²) in [6, 6.07) is -0.340. The van der Waals surface area contributed by atoms with Gasteiger partial charge in [0.15, 0.2) is 0 Å². The van der Waals surface area contributed by atoms with Gasteiger partial charge in [0.05, 0.1) is 18.8 Å². The zero-order chi connectivity index (χ0) is 13.1. The Morgan fingerprint density at radius 2 is 1.94 bits per heavy atom. The van der Waals surface area contributed by atoms with Gasteiger partial charge in [-0.1, -0.05) is 12.8 Å². The number of rotatable bonds is 4. The molecule has 104 valence electrons. The second-order valence-electron chi connectivity index (χ2n) is 5.53. The van der Waals surface area contributed by atoms with Crippen LogP contribution >= 0.6 is 0 Å². The highest BCUT2D eigenvalue weighted by Crippen LogP contribution is 2.29. The third kappa shape index (κ3) is 2.84. The van der Waals surface area contributed by atoms with E-state index in [0.717, 1.165) is 25.7 Å². The first kappa shape index (κ1) is 13.8. The lowest BCUT2D eigenvalue weighted by Crippen LogP contribution is -2.45. The molecule has 0 aromatic heterocycles. The van der Waals surface area contributed by atoms with Gasteiger partial charge in [0.1, 0.15) is 6.10 Å². The quantitative estimate of drug-likeness (QED) is 0.665. The molecule has 1 amide bonds. The topological polar surface area (TPSA) is 78.8 Å². The fourth-order valence-electron chi connectivity index (χ4n) is 3.14. The number of hydrogen-bond acceptors (Lipinski definition) is 4. The lowest BCUT2D eigenvalue weighted by Gasteiger charge is -2.20. The summed E-state index contributed by atoms with van der Waals surface area (Å²) in [6.45, 7) is 0.411. The van der Waals surface area contributed by atoms with E-state index in [1.54, 1.807) is 7.11 Å². The number of ether oxygens (including phenoxy) is 1.